The molecule has 0 saturated carbocycles. The molecule has 0 fully saturated rings. The molecule has 1 N–H and O–H groups in total. The van der Waals surface area contributed by atoms with Crippen LogP contribution in [0.15, 0.2) is 47.5 Å². The Bertz CT molecular complexity index is 1130. The summed E-state index contributed by atoms with van der Waals surface area (Å²) in [4.78, 5) is 11.6. The molecule has 1 heterocycles. The highest BCUT2D eigenvalue weighted by atomic mass is 32.2. The number of rotatable bonds is 6. The molecule has 2 aromatic carbocycles. The molecule has 28 heavy (non-hydrogen) atoms. The number of benzene rings is 2. The molecule has 3 rings (SSSR count). The molecule has 0 unspecified atom stereocenters. The Kier molecular flexibility index (Phi) is 5.56. The molecule has 7 heteroatoms. The fraction of sp³-hybridized carbons (Fsp3) is 0.286. The van der Waals surface area contributed by atoms with Crippen LogP contribution in [0.4, 0.5) is 4.39 Å². The van der Waals surface area contributed by atoms with Crippen molar-refractivity contribution in [3.05, 3.63) is 65.1 Å². The topological polar surface area (TPSA) is 68.2 Å². The van der Waals surface area contributed by atoms with Gasteiger partial charge < -0.3 is 5.32 Å². The molecule has 0 saturated heterocycles. The van der Waals surface area contributed by atoms with Crippen LogP contribution in [0.3, 0.4) is 0 Å². The molecular weight excluding hydrogens is 379 g/mol. The highest BCUT2D eigenvalue weighted by Crippen LogP contribution is 2.29. The molecule has 1 aromatic heterocycles. The van der Waals surface area contributed by atoms with E-state index in [0.29, 0.717) is 35.7 Å². The molecule has 5 nitrogen and oxygen atoms in total. The fourth-order valence-electron chi connectivity index (χ4n) is 3.18. The zero-order valence-corrected chi connectivity index (χ0v) is 16.9. The molecule has 3 aromatic rings. The Morgan fingerprint density at radius 1 is 1.14 bits per heavy atom. The van der Waals surface area contributed by atoms with Gasteiger partial charge in [-0.05, 0) is 62.1 Å². The van der Waals surface area contributed by atoms with Gasteiger partial charge in [0.2, 0.25) is 5.91 Å². The second-order valence-corrected chi connectivity index (χ2v) is 8.73. The van der Waals surface area contributed by atoms with Gasteiger partial charge in [0.15, 0.2) is 0 Å². The first-order valence-corrected chi connectivity index (χ1v) is 10.5. The first-order chi connectivity index (χ1) is 13.2. The number of nitrogens with zero attached hydrogens (tertiary/aromatic N) is 1. The van der Waals surface area contributed by atoms with Crippen LogP contribution in [0.1, 0.15) is 29.5 Å². The van der Waals surface area contributed by atoms with E-state index in [1.165, 1.54) is 6.07 Å². The monoisotopic (exact) mass is 402 g/mol. The third kappa shape index (κ3) is 3.80. The molecule has 0 aliphatic carbocycles. The third-order valence-electron chi connectivity index (χ3n) is 4.84. The Balaban J connectivity index is 2.10. The number of halogens is 1. The van der Waals surface area contributed by atoms with Crippen molar-refractivity contribution in [2.75, 3.05) is 7.05 Å². The Hall–Kier alpha value is -2.67. The van der Waals surface area contributed by atoms with Crippen molar-refractivity contribution in [1.29, 1.82) is 0 Å². The summed E-state index contributed by atoms with van der Waals surface area (Å²) >= 11 is 0. The number of aryl methyl sites for hydroxylation is 3. The molecule has 0 atom stereocenters. The largest absolute Gasteiger partial charge is 0.359 e. The smallest absolute Gasteiger partial charge is 0.268 e. The van der Waals surface area contributed by atoms with Gasteiger partial charge in [-0.3, -0.25) is 4.79 Å². The lowest BCUT2D eigenvalue weighted by molar-refractivity contribution is -0.120. The van der Waals surface area contributed by atoms with E-state index in [1.54, 1.807) is 50.5 Å². The molecule has 0 radical (unpaired) electrons. The summed E-state index contributed by atoms with van der Waals surface area (Å²) in [5.74, 6) is -0.527. The summed E-state index contributed by atoms with van der Waals surface area (Å²) in [5, 5.41) is 3.26. The molecule has 0 spiro atoms. The van der Waals surface area contributed by atoms with E-state index in [9.17, 15) is 17.6 Å². The number of amides is 1. The van der Waals surface area contributed by atoms with Crippen molar-refractivity contribution in [3.63, 3.8) is 0 Å². The minimum Gasteiger partial charge on any atom is -0.359 e. The number of nitrogens with one attached hydrogen (secondary N) is 1. The molecule has 1 amide bonds. The second-order valence-electron chi connectivity index (χ2n) is 6.91. The average Bonchev–Trinajstić information content (AvgIpc) is 3.00. The Morgan fingerprint density at radius 2 is 1.82 bits per heavy atom. The molecule has 0 aliphatic rings. The first kappa shape index (κ1) is 20.1. The minimum atomic E-state index is -3.87. The van der Waals surface area contributed by atoms with E-state index < -0.39 is 15.8 Å². The van der Waals surface area contributed by atoms with E-state index in [0.717, 1.165) is 15.1 Å². The zero-order chi connectivity index (χ0) is 20.5. The van der Waals surface area contributed by atoms with Crippen molar-refractivity contribution in [1.82, 2.24) is 9.29 Å². The molecule has 0 bridgehead atoms. The quantitative estimate of drug-likeness (QED) is 0.684. The number of fused-ring (bicyclic) bond motifs is 1. The summed E-state index contributed by atoms with van der Waals surface area (Å²) in [6.07, 6.45) is 2.97. The number of hydrogen-bond acceptors (Lipinski definition) is 3. The summed E-state index contributed by atoms with van der Waals surface area (Å²) in [6, 6.07) is 9.49. The van der Waals surface area contributed by atoms with Crippen molar-refractivity contribution in [2.24, 2.45) is 0 Å². The lowest BCUT2D eigenvalue weighted by Crippen LogP contribution is -2.17. The lowest BCUT2D eigenvalue weighted by atomic mass is 10.0. The van der Waals surface area contributed by atoms with Crippen LogP contribution in [0.25, 0.3) is 10.9 Å². The summed E-state index contributed by atoms with van der Waals surface area (Å²) in [7, 11) is -2.29. The van der Waals surface area contributed by atoms with E-state index in [1.807, 2.05) is 6.92 Å². The van der Waals surface area contributed by atoms with Crippen molar-refractivity contribution < 1.29 is 17.6 Å². The van der Waals surface area contributed by atoms with Gasteiger partial charge in [-0.25, -0.2) is 16.8 Å². The van der Waals surface area contributed by atoms with E-state index >= 15 is 0 Å². The van der Waals surface area contributed by atoms with Crippen LogP contribution in [0.2, 0.25) is 0 Å². The molecular formula is C21H23FN2O3S. The van der Waals surface area contributed by atoms with Crippen LogP contribution < -0.4 is 5.32 Å². The van der Waals surface area contributed by atoms with Gasteiger partial charge in [0, 0.05) is 25.1 Å². The zero-order valence-electron chi connectivity index (χ0n) is 16.1. The average molecular weight is 402 g/mol. The number of aromatic nitrogens is 1. The van der Waals surface area contributed by atoms with Crippen molar-refractivity contribution >= 4 is 26.8 Å². The van der Waals surface area contributed by atoms with E-state index in [4.69, 9.17) is 0 Å². The highest BCUT2D eigenvalue weighted by molar-refractivity contribution is 7.90. The first-order valence-electron chi connectivity index (χ1n) is 9.07. The number of hydrogen-bond donors (Lipinski definition) is 1. The van der Waals surface area contributed by atoms with E-state index in [2.05, 4.69) is 5.32 Å². The lowest BCUT2D eigenvalue weighted by Gasteiger charge is -2.08. The highest BCUT2D eigenvalue weighted by Gasteiger charge is 2.22. The minimum absolute atomic E-state index is 0.0711. The van der Waals surface area contributed by atoms with Crippen LogP contribution in [0.5, 0.6) is 0 Å². The Morgan fingerprint density at radius 3 is 2.46 bits per heavy atom. The van der Waals surface area contributed by atoms with Gasteiger partial charge in [0.1, 0.15) is 5.82 Å². The summed E-state index contributed by atoms with van der Waals surface area (Å²) in [5.41, 5.74) is 2.48. The van der Waals surface area contributed by atoms with Crippen molar-refractivity contribution in [3.8, 4) is 0 Å². The van der Waals surface area contributed by atoms with Crippen LogP contribution in [-0.4, -0.2) is 25.3 Å². The second kappa shape index (κ2) is 7.75. The van der Waals surface area contributed by atoms with E-state index in [-0.39, 0.29) is 10.8 Å². The van der Waals surface area contributed by atoms with Crippen LogP contribution in [-0.2, 0) is 21.2 Å². The summed E-state index contributed by atoms with van der Waals surface area (Å²) in [6.45, 7) is 3.53. The third-order valence-corrected chi connectivity index (χ3v) is 6.53. The van der Waals surface area contributed by atoms with Crippen LogP contribution in [0, 0.1) is 19.7 Å². The van der Waals surface area contributed by atoms with Crippen LogP contribution >= 0.6 is 0 Å². The maximum absolute atomic E-state index is 14.2. The van der Waals surface area contributed by atoms with Gasteiger partial charge in [0.25, 0.3) is 10.0 Å². The standard InChI is InChI=1S/C21H23FN2O3S/c1-14-7-9-17(10-8-14)28(26,27)24-13-16(5-4-6-21(25)23-3)18-11-15(2)19(22)12-20(18)24/h7-13H,4-6H2,1-3H3,(H,23,25). The maximum Gasteiger partial charge on any atom is 0.268 e. The van der Waals surface area contributed by atoms with Gasteiger partial charge in [-0.2, -0.15) is 0 Å². The number of carbonyl (C=O) groups is 1. The SMILES string of the molecule is CNC(=O)CCCc1cn(S(=O)(=O)c2ccc(C)cc2)c2cc(F)c(C)cc12. The maximum atomic E-state index is 14.2. The predicted molar refractivity (Wildman–Crippen MR) is 107 cm³/mol. The van der Waals surface area contributed by atoms with Crippen molar-refractivity contribution in [2.45, 2.75) is 38.0 Å². The van der Waals surface area contributed by atoms with Gasteiger partial charge in [-0.1, -0.05) is 17.7 Å². The molecule has 0 aliphatic heterocycles. The number of carbonyl (C=O) groups excluding carboxylic acids is 1. The fourth-order valence-corrected chi connectivity index (χ4v) is 4.56. The Labute approximate surface area is 164 Å². The van der Waals surface area contributed by atoms with Gasteiger partial charge in [0.05, 0.1) is 10.4 Å². The predicted octanol–water partition coefficient (Wildman–Crippen LogP) is 3.70. The molecule has 148 valence electrons. The summed E-state index contributed by atoms with van der Waals surface area (Å²) < 4.78 is 41.7. The van der Waals surface area contributed by atoms with Gasteiger partial charge >= 0.3 is 0 Å². The van der Waals surface area contributed by atoms with Gasteiger partial charge in [-0.15, -0.1) is 0 Å². The normalized spacial score (nSPS) is 11.7.